The molecular formula is C35H38FN3O4S. The van der Waals surface area contributed by atoms with Gasteiger partial charge in [-0.25, -0.2) is 12.8 Å². The zero-order valence-corrected chi connectivity index (χ0v) is 25.8. The van der Waals surface area contributed by atoms with E-state index in [0.29, 0.717) is 6.54 Å². The van der Waals surface area contributed by atoms with E-state index in [2.05, 4.69) is 5.32 Å². The monoisotopic (exact) mass is 615 g/mol. The lowest BCUT2D eigenvalue weighted by Gasteiger charge is -2.34. The molecule has 0 heterocycles. The van der Waals surface area contributed by atoms with Crippen molar-refractivity contribution in [1.82, 2.24) is 10.2 Å². The molecular weight excluding hydrogens is 577 g/mol. The zero-order chi connectivity index (χ0) is 31.5. The number of nitrogens with one attached hydrogen (secondary N) is 1. The Morgan fingerprint density at radius 1 is 0.818 bits per heavy atom. The number of rotatable bonds is 14. The molecule has 0 aromatic heterocycles. The quantitative estimate of drug-likeness (QED) is 0.179. The van der Waals surface area contributed by atoms with Gasteiger partial charge in [-0.2, -0.15) is 0 Å². The van der Waals surface area contributed by atoms with Gasteiger partial charge in [-0.3, -0.25) is 13.9 Å². The Morgan fingerprint density at radius 2 is 1.41 bits per heavy atom. The minimum atomic E-state index is -4.29. The molecule has 0 aliphatic carbocycles. The normalized spacial score (nSPS) is 11.9. The van der Waals surface area contributed by atoms with Crippen LogP contribution in [0.2, 0.25) is 0 Å². The van der Waals surface area contributed by atoms with Crippen LogP contribution in [-0.2, 0) is 32.6 Å². The van der Waals surface area contributed by atoms with Crippen LogP contribution in [0.4, 0.5) is 10.1 Å². The van der Waals surface area contributed by atoms with Crippen molar-refractivity contribution in [2.24, 2.45) is 0 Å². The van der Waals surface area contributed by atoms with Gasteiger partial charge >= 0.3 is 0 Å². The predicted octanol–water partition coefficient (Wildman–Crippen LogP) is 5.89. The lowest BCUT2D eigenvalue weighted by Crippen LogP contribution is -2.53. The number of nitrogens with zero attached hydrogens (tertiary/aromatic N) is 2. The van der Waals surface area contributed by atoms with Gasteiger partial charge in [0.05, 0.1) is 10.6 Å². The molecule has 1 atom stereocenters. The number of anilines is 1. The molecule has 2 amide bonds. The highest BCUT2D eigenvalue weighted by Crippen LogP contribution is 2.26. The van der Waals surface area contributed by atoms with E-state index in [9.17, 15) is 22.4 Å². The van der Waals surface area contributed by atoms with Crippen molar-refractivity contribution in [1.29, 1.82) is 0 Å². The van der Waals surface area contributed by atoms with Gasteiger partial charge in [0.2, 0.25) is 11.8 Å². The minimum absolute atomic E-state index is 0.0940. The summed E-state index contributed by atoms with van der Waals surface area (Å²) in [6, 6.07) is 29.1. The number of sulfonamides is 1. The van der Waals surface area contributed by atoms with Crippen LogP contribution in [0.25, 0.3) is 0 Å². The third-order valence-electron chi connectivity index (χ3n) is 7.30. The first kappa shape index (κ1) is 32.4. The van der Waals surface area contributed by atoms with Crippen LogP contribution in [0.1, 0.15) is 36.5 Å². The predicted molar refractivity (Wildman–Crippen MR) is 171 cm³/mol. The van der Waals surface area contributed by atoms with Gasteiger partial charge in [-0.1, -0.05) is 91.7 Å². The fraction of sp³-hybridized carbons (Fsp3) is 0.257. The van der Waals surface area contributed by atoms with Gasteiger partial charge in [-0.05, 0) is 60.9 Å². The third-order valence-corrected chi connectivity index (χ3v) is 9.09. The second-order valence-electron chi connectivity index (χ2n) is 10.7. The SMILES string of the molecule is CCCCNC(=O)C(Cc1ccccc1)N(Cc1ccccc1)C(=O)CN(c1ccc(C)cc1)S(=O)(=O)c1ccc(F)cc1. The van der Waals surface area contributed by atoms with Crippen molar-refractivity contribution < 1.29 is 22.4 Å². The highest BCUT2D eigenvalue weighted by Gasteiger charge is 2.34. The number of benzene rings is 4. The summed E-state index contributed by atoms with van der Waals surface area (Å²) >= 11 is 0. The van der Waals surface area contributed by atoms with Gasteiger partial charge in [0, 0.05) is 19.5 Å². The number of hydrogen-bond acceptors (Lipinski definition) is 4. The Labute approximate surface area is 259 Å². The maximum Gasteiger partial charge on any atom is 0.264 e. The number of amides is 2. The summed E-state index contributed by atoms with van der Waals surface area (Å²) in [5.41, 5.74) is 2.85. The summed E-state index contributed by atoms with van der Waals surface area (Å²) in [5, 5.41) is 2.98. The number of unbranched alkanes of at least 4 members (excludes halogenated alkanes) is 1. The lowest BCUT2D eigenvalue weighted by molar-refractivity contribution is -0.140. The molecule has 0 aliphatic heterocycles. The molecule has 9 heteroatoms. The van der Waals surface area contributed by atoms with Crippen LogP contribution in [-0.4, -0.2) is 44.3 Å². The van der Waals surface area contributed by atoms with E-state index in [1.54, 1.807) is 24.3 Å². The number of carbonyl (C=O) groups is 2. The van der Waals surface area contributed by atoms with Gasteiger partial charge in [0.1, 0.15) is 18.4 Å². The average molecular weight is 616 g/mol. The maximum atomic E-state index is 14.4. The summed E-state index contributed by atoms with van der Waals surface area (Å²) in [4.78, 5) is 29.4. The molecule has 0 spiro atoms. The first-order chi connectivity index (χ1) is 21.2. The highest BCUT2D eigenvalue weighted by atomic mass is 32.2. The maximum absolute atomic E-state index is 14.4. The second kappa shape index (κ2) is 15.3. The van der Waals surface area contributed by atoms with Crippen LogP contribution in [0, 0.1) is 12.7 Å². The fourth-order valence-corrected chi connectivity index (χ4v) is 6.23. The minimum Gasteiger partial charge on any atom is -0.354 e. The smallest absolute Gasteiger partial charge is 0.264 e. The van der Waals surface area contributed by atoms with E-state index in [1.165, 1.54) is 17.0 Å². The van der Waals surface area contributed by atoms with Gasteiger partial charge < -0.3 is 10.2 Å². The summed E-state index contributed by atoms with van der Waals surface area (Å²) in [7, 11) is -4.29. The summed E-state index contributed by atoms with van der Waals surface area (Å²) in [6.07, 6.45) is 1.92. The number of aryl methyl sites for hydroxylation is 1. The molecule has 0 fully saturated rings. The van der Waals surface area contributed by atoms with Crippen molar-refractivity contribution in [3.05, 3.63) is 132 Å². The standard InChI is InChI=1S/C35H38FN3O4S/c1-3-4-23-37-35(41)33(24-28-11-7-5-8-12-28)38(25-29-13-9-6-10-14-29)34(40)26-39(31-19-15-27(2)16-20-31)44(42,43)32-21-17-30(36)18-22-32/h5-22,33H,3-4,23-26H2,1-2H3,(H,37,41). The van der Waals surface area contributed by atoms with Crippen LogP contribution >= 0.6 is 0 Å². The first-order valence-corrected chi connectivity index (χ1v) is 16.1. The molecule has 4 aromatic carbocycles. The molecule has 4 rings (SSSR count). The van der Waals surface area contributed by atoms with Crippen LogP contribution in [0.5, 0.6) is 0 Å². The first-order valence-electron chi connectivity index (χ1n) is 14.7. The summed E-state index contributed by atoms with van der Waals surface area (Å²) < 4.78 is 42.7. The Morgan fingerprint density at radius 3 is 2.00 bits per heavy atom. The van der Waals surface area contributed by atoms with Gasteiger partial charge in [-0.15, -0.1) is 0 Å². The van der Waals surface area contributed by atoms with E-state index in [1.807, 2.05) is 74.5 Å². The van der Waals surface area contributed by atoms with Crippen molar-refractivity contribution in [3.63, 3.8) is 0 Å². The molecule has 7 nitrogen and oxygen atoms in total. The molecule has 0 bridgehead atoms. The Hall–Kier alpha value is -4.50. The molecule has 1 unspecified atom stereocenters. The van der Waals surface area contributed by atoms with Crippen molar-refractivity contribution in [2.75, 3.05) is 17.4 Å². The van der Waals surface area contributed by atoms with E-state index in [4.69, 9.17) is 0 Å². The van der Waals surface area contributed by atoms with Crippen molar-refractivity contribution >= 4 is 27.5 Å². The molecule has 0 aliphatic rings. The molecule has 0 saturated carbocycles. The topological polar surface area (TPSA) is 86.8 Å². The molecule has 1 N–H and O–H groups in total. The van der Waals surface area contributed by atoms with Crippen LogP contribution in [0.3, 0.4) is 0 Å². The number of carbonyl (C=O) groups excluding carboxylic acids is 2. The van der Waals surface area contributed by atoms with Crippen LogP contribution in [0.15, 0.2) is 114 Å². The average Bonchev–Trinajstić information content (AvgIpc) is 3.03. The van der Waals surface area contributed by atoms with E-state index in [-0.39, 0.29) is 29.5 Å². The molecule has 0 saturated heterocycles. The van der Waals surface area contributed by atoms with E-state index < -0.39 is 34.3 Å². The summed E-state index contributed by atoms with van der Waals surface area (Å²) in [6.45, 7) is 3.89. The fourth-order valence-electron chi connectivity index (χ4n) is 4.81. The number of hydrogen-bond donors (Lipinski definition) is 1. The number of halogens is 1. The Bertz CT molecular complexity index is 1610. The highest BCUT2D eigenvalue weighted by molar-refractivity contribution is 7.92. The van der Waals surface area contributed by atoms with Gasteiger partial charge in [0.25, 0.3) is 10.0 Å². The second-order valence-corrected chi connectivity index (χ2v) is 12.5. The van der Waals surface area contributed by atoms with Crippen LogP contribution < -0.4 is 9.62 Å². The van der Waals surface area contributed by atoms with E-state index in [0.717, 1.165) is 46.0 Å². The zero-order valence-electron chi connectivity index (χ0n) is 25.0. The Balaban J connectivity index is 1.77. The third kappa shape index (κ3) is 8.54. The van der Waals surface area contributed by atoms with Crippen molar-refractivity contribution in [2.45, 2.75) is 50.6 Å². The molecule has 44 heavy (non-hydrogen) atoms. The lowest BCUT2D eigenvalue weighted by atomic mass is 10.0. The van der Waals surface area contributed by atoms with E-state index >= 15 is 0 Å². The van der Waals surface area contributed by atoms with Crippen molar-refractivity contribution in [3.8, 4) is 0 Å². The molecule has 4 aromatic rings. The summed E-state index contributed by atoms with van der Waals surface area (Å²) in [5.74, 6) is -1.43. The van der Waals surface area contributed by atoms with Gasteiger partial charge in [0.15, 0.2) is 0 Å². The largest absolute Gasteiger partial charge is 0.354 e. The molecule has 230 valence electrons. The Kier molecular flexibility index (Phi) is 11.3. The molecule has 0 radical (unpaired) electrons.